The van der Waals surface area contributed by atoms with Crippen molar-refractivity contribution in [2.24, 2.45) is 0 Å². The molecule has 6 nitrogen and oxygen atoms in total. The predicted octanol–water partition coefficient (Wildman–Crippen LogP) is 22.2. The summed E-state index contributed by atoms with van der Waals surface area (Å²) in [5, 5.41) is 0. The molecule has 0 bridgehead atoms. The highest BCUT2D eigenvalue weighted by atomic mass is 16.6. The standard InChI is InChI=1S/C68H124O6/c1-4-7-10-13-16-19-22-25-27-29-31-33-35-36-38-40-43-46-49-52-55-58-61-67(70)73-64-65(63-72-66(69)60-57-54-51-48-45-42-24-21-18-15-12-9-6-3)74-68(71)62-59-56-53-50-47-44-41-39-37-34-32-30-28-26-23-20-17-14-11-8-5-2/h8,11,17,20,26,28,32,34,65H,4-7,9-10,12-16,18-19,21-25,27,29-31,33,35-64H2,1-3H3/b11-8-,20-17-,28-26-,34-32-. The number of esters is 3. The van der Waals surface area contributed by atoms with Crippen LogP contribution in [-0.4, -0.2) is 37.2 Å². The summed E-state index contributed by atoms with van der Waals surface area (Å²) in [5.74, 6) is -0.855. The van der Waals surface area contributed by atoms with Crippen molar-refractivity contribution < 1.29 is 28.6 Å². The van der Waals surface area contributed by atoms with Gasteiger partial charge in [-0.05, 0) is 57.8 Å². The molecule has 74 heavy (non-hydrogen) atoms. The van der Waals surface area contributed by atoms with E-state index in [0.717, 1.165) is 89.9 Å². The van der Waals surface area contributed by atoms with Crippen molar-refractivity contribution in [2.75, 3.05) is 13.2 Å². The second-order valence-electron chi connectivity index (χ2n) is 22.0. The average Bonchev–Trinajstić information content (AvgIpc) is 3.40. The molecule has 1 atom stereocenters. The van der Waals surface area contributed by atoms with Crippen LogP contribution >= 0.6 is 0 Å². The molecule has 0 aromatic carbocycles. The number of allylic oxidation sites excluding steroid dienone is 8. The van der Waals surface area contributed by atoms with Crippen molar-refractivity contribution >= 4 is 17.9 Å². The van der Waals surface area contributed by atoms with Gasteiger partial charge < -0.3 is 14.2 Å². The third-order valence-electron chi connectivity index (χ3n) is 14.6. The second kappa shape index (κ2) is 62.9. The highest BCUT2D eigenvalue weighted by Crippen LogP contribution is 2.18. The van der Waals surface area contributed by atoms with E-state index >= 15 is 0 Å². The molecule has 432 valence electrons. The van der Waals surface area contributed by atoms with Gasteiger partial charge >= 0.3 is 17.9 Å². The largest absolute Gasteiger partial charge is 0.462 e. The first kappa shape index (κ1) is 71.4. The number of rotatable bonds is 60. The lowest BCUT2D eigenvalue weighted by molar-refractivity contribution is -0.167. The SMILES string of the molecule is CC/C=C\C/C=C\C/C=C\C/C=C\CCCCCCCCCCC(=O)OC(COC(=O)CCCCCCCCCCCCCCC)COC(=O)CCCCCCCCCCCCCCCCCCCCCCCC. The minimum atomic E-state index is -0.775. The van der Waals surface area contributed by atoms with Crippen molar-refractivity contribution in [2.45, 2.75) is 354 Å². The van der Waals surface area contributed by atoms with E-state index < -0.39 is 6.10 Å². The van der Waals surface area contributed by atoms with Gasteiger partial charge in [-0.15, -0.1) is 0 Å². The van der Waals surface area contributed by atoms with E-state index in [-0.39, 0.29) is 31.1 Å². The molecule has 0 saturated carbocycles. The average molecular weight is 1040 g/mol. The minimum absolute atomic E-state index is 0.0712. The van der Waals surface area contributed by atoms with E-state index in [1.54, 1.807) is 0 Å². The normalized spacial score (nSPS) is 12.3. The Bertz CT molecular complexity index is 1280. The van der Waals surface area contributed by atoms with Crippen LogP contribution in [0.15, 0.2) is 48.6 Å². The Kier molecular flexibility index (Phi) is 60.7. The Labute approximate surface area is 460 Å². The predicted molar refractivity (Wildman–Crippen MR) is 321 cm³/mol. The fraction of sp³-hybridized carbons (Fsp3) is 0.838. The molecule has 0 heterocycles. The van der Waals surface area contributed by atoms with Gasteiger partial charge in [-0.25, -0.2) is 0 Å². The summed E-state index contributed by atoms with van der Waals surface area (Å²) in [4.78, 5) is 38.3. The van der Waals surface area contributed by atoms with Crippen LogP contribution in [0.2, 0.25) is 0 Å². The summed E-state index contributed by atoms with van der Waals surface area (Å²) in [6, 6.07) is 0. The molecular formula is C68H124O6. The number of hydrogen-bond donors (Lipinski definition) is 0. The molecular weight excluding hydrogens is 913 g/mol. The molecule has 0 radical (unpaired) electrons. The van der Waals surface area contributed by atoms with E-state index in [1.165, 1.54) is 218 Å². The van der Waals surface area contributed by atoms with Gasteiger partial charge in [0, 0.05) is 19.3 Å². The zero-order valence-corrected chi connectivity index (χ0v) is 49.6. The Hall–Kier alpha value is -2.63. The molecule has 0 saturated heterocycles. The first-order chi connectivity index (χ1) is 36.5. The van der Waals surface area contributed by atoms with Crippen LogP contribution in [-0.2, 0) is 28.6 Å². The molecule has 0 spiro atoms. The van der Waals surface area contributed by atoms with Crippen molar-refractivity contribution in [3.8, 4) is 0 Å². The molecule has 0 N–H and O–H groups in total. The monoisotopic (exact) mass is 1040 g/mol. The molecule has 0 aliphatic carbocycles. The first-order valence-electron chi connectivity index (χ1n) is 32.6. The molecule has 0 aliphatic heterocycles. The van der Waals surface area contributed by atoms with Crippen LogP contribution in [0.4, 0.5) is 0 Å². The Morgan fingerprint density at radius 1 is 0.284 bits per heavy atom. The summed E-state index contributed by atoms with van der Waals surface area (Å²) in [5.41, 5.74) is 0. The van der Waals surface area contributed by atoms with Crippen LogP contribution in [0.3, 0.4) is 0 Å². The smallest absolute Gasteiger partial charge is 0.306 e. The van der Waals surface area contributed by atoms with Crippen LogP contribution in [0.5, 0.6) is 0 Å². The second-order valence-corrected chi connectivity index (χ2v) is 22.0. The van der Waals surface area contributed by atoms with Gasteiger partial charge in [0.15, 0.2) is 6.10 Å². The lowest BCUT2D eigenvalue weighted by Crippen LogP contribution is -2.30. The number of hydrogen-bond acceptors (Lipinski definition) is 6. The van der Waals surface area contributed by atoms with Crippen molar-refractivity contribution in [1.82, 2.24) is 0 Å². The fourth-order valence-electron chi connectivity index (χ4n) is 9.73. The maximum atomic E-state index is 12.9. The van der Waals surface area contributed by atoms with Crippen molar-refractivity contribution in [1.29, 1.82) is 0 Å². The molecule has 0 aromatic heterocycles. The maximum absolute atomic E-state index is 12.9. The Balaban J connectivity index is 4.29. The summed E-state index contributed by atoms with van der Waals surface area (Å²) < 4.78 is 16.9. The first-order valence-corrected chi connectivity index (χ1v) is 32.6. The van der Waals surface area contributed by atoms with E-state index in [4.69, 9.17) is 14.2 Å². The summed E-state index contributed by atoms with van der Waals surface area (Å²) in [6.45, 7) is 6.58. The fourth-order valence-corrected chi connectivity index (χ4v) is 9.73. The summed E-state index contributed by atoms with van der Waals surface area (Å²) >= 11 is 0. The van der Waals surface area contributed by atoms with E-state index in [1.807, 2.05) is 0 Å². The summed E-state index contributed by atoms with van der Waals surface area (Å²) in [7, 11) is 0. The van der Waals surface area contributed by atoms with Gasteiger partial charge in [0.05, 0.1) is 0 Å². The van der Waals surface area contributed by atoms with Crippen molar-refractivity contribution in [3.63, 3.8) is 0 Å². The molecule has 0 fully saturated rings. The molecule has 0 amide bonds. The van der Waals surface area contributed by atoms with Crippen LogP contribution in [0.1, 0.15) is 348 Å². The van der Waals surface area contributed by atoms with Crippen LogP contribution in [0, 0.1) is 0 Å². The molecule has 0 rings (SSSR count). The van der Waals surface area contributed by atoms with Crippen molar-refractivity contribution in [3.05, 3.63) is 48.6 Å². The van der Waals surface area contributed by atoms with Gasteiger partial charge in [0.25, 0.3) is 0 Å². The molecule has 6 heteroatoms. The molecule has 1 unspecified atom stereocenters. The lowest BCUT2D eigenvalue weighted by Gasteiger charge is -2.18. The molecule has 0 aliphatic rings. The van der Waals surface area contributed by atoms with Crippen LogP contribution in [0.25, 0.3) is 0 Å². The third-order valence-corrected chi connectivity index (χ3v) is 14.6. The lowest BCUT2D eigenvalue weighted by atomic mass is 10.0. The van der Waals surface area contributed by atoms with Crippen LogP contribution < -0.4 is 0 Å². The highest BCUT2D eigenvalue weighted by molar-refractivity contribution is 5.71. The maximum Gasteiger partial charge on any atom is 0.306 e. The number of carbonyl (C=O) groups excluding carboxylic acids is 3. The zero-order valence-electron chi connectivity index (χ0n) is 49.6. The van der Waals surface area contributed by atoms with Gasteiger partial charge in [-0.3, -0.25) is 14.4 Å². The minimum Gasteiger partial charge on any atom is -0.462 e. The Morgan fingerprint density at radius 3 is 0.824 bits per heavy atom. The number of carbonyl (C=O) groups is 3. The zero-order chi connectivity index (χ0) is 53.6. The quantitative estimate of drug-likeness (QED) is 0.0261. The van der Waals surface area contributed by atoms with E-state index in [2.05, 4.69) is 69.4 Å². The topological polar surface area (TPSA) is 78.9 Å². The van der Waals surface area contributed by atoms with Gasteiger partial charge in [-0.2, -0.15) is 0 Å². The third kappa shape index (κ3) is 60.2. The number of unbranched alkanes of at least 4 members (excludes halogenated alkanes) is 41. The van der Waals surface area contributed by atoms with Gasteiger partial charge in [0.2, 0.25) is 0 Å². The number of ether oxygens (including phenoxy) is 3. The van der Waals surface area contributed by atoms with Gasteiger partial charge in [-0.1, -0.05) is 320 Å². The van der Waals surface area contributed by atoms with E-state index in [0.29, 0.717) is 19.3 Å². The van der Waals surface area contributed by atoms with Gasteiger partial charge in [0.1, 0.15) is 13.2 Å². The highest BCUT2D eigenvalue weighted by Gasteiger charge is 2.19. The Morgan fingerprint density at radius 2 is 0.527 bits per heavy atom. The molecule has 0 aromatic rings. The summed E-state index contributed by atoms with van der Waals surface area (Å²) in [6.07, 6.45) is 78.3. The van der Waals surface area contributed by atoms with E-state index in [9.17, 15) is 14.4 Å².